The van der Waals surface area contributed by atoms with Crippen LogP contribution in [0.1, 0.15) is 29.8 Å². The van der Waals surface area contributed by atoms with Crippen LogP contribution in [0.25, 0.3) is 0 Å². The molecule has 0 amide bonds. The summed E-state index contributed by atoms with van der Waals surface area (Å²) in [7, 11) is 1.65. The van der Waals surface area contributed by atoms with Gasteiger partial charge >= 0.3 is 5.97 Å². The summed E-state index contributed by atoms with van der Waals surface area (Å²) < 4.78 is 5.13. The fourth-order valence-electron chi connectivity index (χ4n) is 1.55. The zero-order valence-electron chi connectivity index (χ0n) is 9.69. The molecule has 0 aliphatic carbocycles. The Morgan fingerprint density at radius 2 is 1.88 bits per heavy atom. The highest BCUT2D eigenvalue weighted by atomic mass is 17.1. The minimum absolute atomic E-state index is 0.115. The molecule has 88 valence electrons. The lowest BCUT2D eigenvalue weighted by atomic mass is 9.85. The third-order valence-electron chi connectivity index (χ3n) is 2.49. The van der Waals surface area contributed by atoms with Crippen LogP contribution in [0.15, 0.2) is 24.3 Å². The Hall–Kier alpha value is -1.39. The number of ether oxygens (including phenoxy) is 1. The highest BCUT2D eigenvalue weighted by Crippen LogP contribution is 2.23. The van der Waals surface area contributed by atoms with E-state index in [4.69, 9.17) is 9.99 Å². The number of rotatable bonds is 4. The van der Waals surface area contributed by atoms with Crippen LogP contribution < -0.4 is 0 Å². The summed E-state index contributed by atoms with van der Waals surface area (Å²) in [4.78, 5) is 14.6. The molecule has 0 atom stereocenters. The number of hydrogen-bond donors (Lipinski definition) is 1. The zero-order chi connectivity index (χ0) is 12.2. The molecule has 4 heteroatoms. The second-order valence-electron chi connectivity index (χ2n) is 4.27. The van der Waals surface area contributed by atoms with E-state index in [9.17, 15) is 4.79 Å². The standard InChI is InChI=1S/C12H16O4/c1-12(2,8-15-3)10-6-4-9(5-7-10)11(13)16-14/h4-7,14H,8H2,1-3H3. The molecule has 1 aromatic carbocycles. The molecule has 0 aromatic heterocycles. The van der Waals surface area contributed by atoms with Crippen molar-refractivity contribution in [2.45, 2.75) is 19.3 Å². The van der Waals surface area contributed by atoms with Gasteiger partial charge in [0.2, 0.25) is 0 Å². The van der Waals surface area contributed by atoms with E-state index in [-0.39, 0.29) is 5.41 Å². The molecule has 4 nitrogen and oxygen atoms in total. The van der Waals surface area contributed by atoms with Crippen molar-refractivity contribution in [3.05, 3.63) is 35.4 Å². The molecule has 0 spiro atoms. The lowest BCUT2D eigenvalue weighted by molar-refractivity contribution is -0.182. The summed E-state index contributed by atoms with van der Waals surface area (Å²) in [6.45, 7) is 4.70. The first-order valence-electron chi connectivity index (χ1n) is 4.96. The van der Waals surface area contributed by atoms with Gasteiger partial charge in [0.15, 0.2) is 0 Å². The van der Waals surface area contributed by atoms with Crippen molar-refractivity contribution in [1.82, 2.24) is 0 Å². The molecule has 1 rings (SSSR count). The van der Waals surface area contributed by atoms with Gasteiger partial charge in [-0.1, -0.05) is 26.0 Å². The molecule has 0 aliphatic rings. The minimum Gasteiger partial charge on any atom is -0.384 e. The maximum atomic E-state index is 11.0. The Kier molecular flexibility index (Phi) is 4.04. The van der Waals surface area contributed by atoms with Gasteiger partial charge in [-0.05, 0) is 17.7 Å². The predicted octanol–water partition coefficient (Wildman–Crippen LogP) is 2.24. The molecule has 0 saturated heterocycles. The number of carbonyl (C=O) groups is 1. The van der Waals surface area contributed by atoms with E-state index in [1.54, 1.807) is 19.2 Å². The van der Waals surface area contributed by atoms with E-state index in [1.807, 2.05) is 12.1 Å². The molecule has 0 unspecified atom stereocenters. The van der Waals surface area contributed by atoms with E-state index < -0.39 is 5.97 Å². The van der Waals surface area contributed by atoms with Crippen LogP contribution in [0.3, 0.4) is 0 Å². The normalized spacial score (nSPS) is 11.2. The largest absolute Gasteiger partial charge is 0.384 e. The fourth-order valence-corrected chi connectivity index (χ4v) is 1.55. The molecule has 1 aromatic rings. The molecule has 16 heavy (non-hydrogen) atoms. The summed E-state index contributed by atoms with van der Waals surface area (Å²) in [5.74, 6) is -0.754. The Morgan fingerprint density at radius 1 is 1.31 bits per heavy atom. The van der Waals surface area contributed by atoms with Gasteiger partial charge in [-0.15, -0.1) is 0 Å². The molecule has 0 fully saturated rings. The van der Waals surface area contributed by atoms with Gasteiger partial charge in [0.1, 0.15) is 0 Å². The molecule has 0 heterocycles. The molecule has 1 N–H and O–H groups in total. The van der Waals surface area contributed by atoms with Crippen molar-refractivity contribution >= 4 is 5.97 Å². The summed E-state index contributed by atoms with van der Waals surface area (Å²) in [5.41, 5.74) is 1.26. The first-order valence-corrected chi connectivity index (χ1v) is 4.96. The predicted molar refractivity (Wildman–Crippen MR) is 59.4 cm³/mol. The molecule has 0 aliphatic heterocycles. The zero-order valence-corrected chi connectivity index (χ0v) is 9.69. The van der Waals surface area contributed by atoms with E-state index in [0.29, 0.717) is 12.2 Å². The molecular formula is C12H16O4. The van der Waals surface area contributed by atoms with Crippen LogP contribution in [0, 0.1) is 0 Å². The van der Waals surface area contributed by atoms with Gasteiger partial charge in [0, 0.05) is 12.5 Å². The Labute approximate surface area is 94.7 Å². The van der Waals surface area contributed by atoms with Crippen molar-refractivity contribution in [2.24, 2.45) is 0 Å². The summed E-state index contributed by atoms with van der Waals surface area (Å²) in [6, 6.07) is 6.88. The third kappa shape index (κ3) is 2.81. The lowest BCUT2D eigenvalue weighted by Crippen LogP contribution is -2.23. The van der Waals surface area contributed by atoms with E-state index >= 15 is 0 Å². The van der Waals surface area contributed by atoms with E-state index in [2.05, 4.69) is 18.7 Å². The van der Waals surface area contributed by atoms with Gasteiger partial charge in [-0.2, -0.15) is 5.26 Å². The maximum absolute atomic E-state index is 11.0. The lowest BCUT2D eigenvalue weighted by Gasteiger charge is -2.24. The van der Waals surface area contributed by atoms with Crippen LogP contribution in [-0.4, -0.2) is 24.9 Å². The number of hydrogen-bond acceptors (Lipinski definition) is 4. The maximum Gasteiger partial charge on any atom is 0.372 e. The summed E-state index contributed by atoms with van der Waals surface area (Å²) in [6.07, 6.45) is 0. The second kappa shape index (κ2) is 5.09. The first kappa shape index (κ1) is 12.7. The van der Waals surface area contributed by atoms with Crippen molar-refractivity contribution < 1.29 is 19.7 Å². The molecular weight excluding hydrogens is 208 g/mol. The van der Waals surface area contributed by atoms with Gasteiger partial charge in [-0.3, -0.25) is 4.89 Å². The second-order valence-corrected chi connectivity index (χ2v) is 4.27. The van der Waals surface area contributed by atoms with E-state index in [1.165, 1.54) is 0 Å². The SMILES string of the molecule is COCC(C)(C)c1ccc(C(=O)OO)cc1. The third-order valence-corrected chi connectivity index (χ3v) is 2.49. The molecule has 0 radical (unpaired) electrons. The molecule has 0 bridgehead atoms. The van der Waals surface area contributed by atoms with Crippen LogP contribution in [0.4, 0.5) is 0 Å². The Balaban J connectivity index is 2.90. The van der Waals surface area contributed by atoms with Gasteiger partial charge in [-0.25, -0.2) is 4.79 Å². The fraction of sp³-hybridized carbons (Fsp3) is 0.417. The monoisotopic (exact) mass is 224 g/mol. The van der Waals surface area contributed by atoms with Crippen LogP contribution in [0.5, 0.6) is 0 Å². The number of carbonyl (C=O) groups excluding carboxylic acids is 1. The topological polar surface area (TPSA) is 55.8 Å². The van der Waals surface area contributed by atoms with Crippen LogP contribution >= 0.6 is 0 Å². The average Bonchev–Trinajstić information content (AvgIpc) is 2.28. The van der Waals surface area contributed by atoms with Crippen molar-refractivity contribution in [3.63, 3.8) is 0 Å². The quantitative estimate of drug-likeness (QED) is 0.629. The summed E-state index contributed by atoms with van der Waals surface area (Å²) >= 11 is 0. The number of benzene rings is 1. The minimum atomic E-state index is -0.754. The highest BCUT2D eigenvalue weighted by Gasteiger charge is 2.20. The summed E-state index contributed by atoms with van der Waals surface area (Å²) in [5, 5.41) is 8.23. The smallest absolute Gasteiger partial charge is 0.372 e. The van der Waals surface area contributed by atoms with Gasteiger partial charge < -0.3 is 4.74 Å². The van der Waals surface area contributed by atoms with Crippen molar-refractivity contribution in [2.75, 3.05) is 13.7 Å². The molecule has 0 saturated carbocycles. The average molecular weight is 224 g/mol. The van der Waals surface area contributed by atoms with E-state index in [0.717, 1.165) is 5.56 Å². The van der Waals surface area contributed by atoms with Gasteiger partial charge in [0.25, 0.3) is 0 Å². The van der Waals surface area contributed by atoms with Crippen LogP contribution in [0.2, 0.25) is 0 Å². The highest BCUT2D eigenvalue weighted by molar-refractivity contribution is 5.88. The Bertz CT molecular complexity index is 354. The Morgan fingerprint density at radius 3 is 2.31 bits per heavy atom. The van der Waals surface area contributed by atoms with Crippen molar-refractivity contribution in [3.8, 4) is 0 Å². The van der Waals surface area contributed by atoms with Crippen molar-refractivity contribution in [1.29, 1.82) is 0 Å². The van der Waals surface area contributed by atoms with Crippen LogP contribution in [-0.2, 0) is 15.0 Å². The first-order chi connectivity index (χ1) is 7.51. The number of methoxy groups -OCH3 is 1. The van der Waals surface area contributed by atoms with Gasteiger partial charge in [0.05, 0.1) is 12.2 Å².